The Hall–Kier alpha value is -2.70. The number of carbonyl (C=O) groups is 1. The minimum Gasteiger partial charge on any atom is -0.478 e. The lowest BCUT2D eigenvalue weighted by atomic mass is 10.1. The molecule has 2 aromatic rings. The number of pyridine rings is 1. The zero-order valence-electron chi connectivity index (χ0n) is 14.5. The van der Waals surface area contributed by atoms with E-state index >= 15 is 0 Å². The Labute approximate surface area is 147 Å². The zero-order valence-corrected chi connectivity index (χ0v) is 14.5. The first kappa shape index (κ1) is 17.1. The van der Waals surface area contributed by atoms with Crippen molar-refractivity contribution in [2.75, 3.05) is 19.7 Å². The Balaban J connectivity index is 1.63. The van der Waals surface area contributed by atoms with Gasteiger partial charge >= 0.3 is 0 Å². The van der Waals surface area contributed by atoms with E-state index in [4.69, 9.17) is 9.47 Å². The highest BCUT2D eigenvalue weighted by atomic mass is 16.5. The molecular weight excluding hydrogens is 320 g/mol. The number of rotatable bonds is 5. The minimum atomic E-state index is -0.0670. The molecule has 0 spiro atoms. The van der Waals surface area contributed by atoms with Crippen LogP contribution < -0.4 is 9.47 Å². The smallest absolute Gasteiger partial charge is 0.255 e. The van der Waals surface area contributed by atoms with Gasteiger partial charge in [-0.15, -0.1) is 0 Å². The summed E-state index contributed by atoms with van der Waals surface area (Å²) in [6.45, 7) is 5.52. The molecular formula is C18H22N4O3. The van der Waals surface area contributed by atoms with Gasteiger partial charge in [0.2, 0.25) is 11.8 Å². The molecule has 1 saturated heterocycles. The quantitative estimate of drug-likeness (QED) is 0.829. The molecule has 0 radical (unpaired) electrons. The molecule has 1 aliphatic rings. The fraction of sp³-hybridized carbons (Fsp3) is 0.444. The maximum Gasteiger partial charge on any atom is 0.255 e. The Kier molecular flexibility index (Phi) is 5.42. The molecule has 7 heteroatoms. The maximum absolute atomic E-state index is 12.7. The van der Waals surface area contributed by atoms with Crippen molar-refractivity contribution in [2.45, 2.75) is 32.8 Å². The van der Waals surface area contributed by atoms with Crippen molar-refractivity contribution >= 4 is 5.91 Å². The summed E-state index contributed by atoms with van der Waals surface area (Å²) in [5.74, 6) is 1.71. The molecule has 0 aliphatic carbocycles. The Morgan fingerprint density at radius 1 is 1.28 bits per heavy atom. The fourth-order valence-corrected chi connectivity index (χ4v) is 2.81. The molecule has 0 bridgehead atoms. The van der Waals surface area contributed by atoms with Gasteiger partial charge in [-0.25, -0.2) is 9.97 Å². The molecule has 7 nitrogen and oxygen atoms in total. The standard InChI is InChI=1S/C18H22N4O3/c1-3-24-16-7-6-14(11-20-16)18(23)22-10-4-5-15(12-22)25-17-8-9-19-13(2)21-17/h6-9,11,15H,3-5,10,12H2,1-2H3. The normalized spacial score (nSPS) is 17.2. The molecule has 2 aromatic heterocycles. The van der Waals surface area contributed by atoms with Crippen LogP contribution in [0.3, 0.4) is 0 Å². The van der Waals surface area contributed by atoms with Crippen LogP contribution in [0, 0.1) is 6.92 Å². The number of piperidine rings is 1. The summed E-state index contributed by atoms with van der Waals surface area (Å²) in [6, 6.07) is 5.21. The average Bonchev–Trinajstić information content (AvgIpc) is 2.62. The predicted molar refractivity (Wildman–Crippen MR) is 91.7 cm³/mol. The van der Waals surface area contributed by atoms with Crippen LogP contribution in [0.1, 0.15) is 35.9 Å². The minimum absolute atomic E-state index is 0.0392. The molecule has 1 unspecified atom stereocenters. The van der Waals surface area contributed by atoms with E-state index in [1.165, 1.54) is 0 Å². The number of hydrogen-bond acceptors (Lipinski definition) is 6. The second kappa shape index (κ2) is 7.92. The molecule has 3 heterocycles. The van der Waals surface area contributed by atoms with Crippen LogP contribution in [0.15, 0.2) is 30.6 Å². The molecule has 1 atom stereocenters. The monoisotopic (exact) mass is 342 g/mol. The first-order chi connectivity index (χ1) is 12.2. The van der Waals surface area contributed by atoms with Gasteiger partial charge in [0.1, 0.15) is 11.9 Å². The number of ether oxygens (including phenoxy) is 2. The van der Waals surface area contributed by atoms with E-state index in [1.54, 1.807) is 35.5 Å². The average molecular weight is 342 g/mol. The first-order valence-electron chi connectivity index (χ1n) is 8.50. The van der Waals surface area contributed by atoms with Crippen molar-refractivity contribution in [1.29, 1.82) is 0 Å². The number of likely N-dealkylation sites (tertiary alicyclic amines) is 1. The van der Waals surface area contributed by atoms with Gasteiger partial charge in [-0.05, 0) is 32.8 Å². The first-order valence-corrected chi connectivity index (χ1v) is 8.50. The second-order valence-corrected chi connectivity index (χ2v) is 5.89. The van der Waals surface area contributed by atoms with E-state index < -0.39 is 0 Å². The number of aromatic nitrogens is 3. The van der Waals surface area contributed by atoms with Crippen LogP contribution in [0.5, 0.6) is 11.8 Å². The van der Waals surface area contributed by atoms with Crippen molar-refractivity contribution in [3.63, 3.8) is 0 Å². The second-order valence-electron chi connectivity index (χ2n) is 5.89. The van der Waals surface area contributed by atoms with Crippen molar-refractivity contribution in [2.24, 2.45) is 0 Å². The Morgan fingerprint density at radius 2 is 2.16 bits per heavy atom. The van der Waals surface area contributed by atoms with E-state index in [2.05, 4.69) is 15.0 Å². The molecule has 3 rings (SSSR count). The van der Waals surface area contributed by atoms with Crippen molar-refractivity contribution in [3.8, 4) is 11.8 Å². The van der Waals surface area contributed by atoms with Gasteiger partial charge in [-0.2, -0.15) is 4.98 Å². The lowest BCUT2D eigenvalue weighted by Gasteiger charge is -2.32. The zero-order chi connectivity index (χ0) is 17.6. The summed E-state index contributed by atoms with van der Waals surface area (Å²) in [7, 11) is 0. The van der Waals surface area contributed by atoms with Crippen LogP contribution >= 0.6 is 0 Å². The Bertz CT molecular complexity index is 721. The van der Waals surface area contributed by atoms with Crippen LogP contribution in [-0.2, 0) is 0 Å². The number of nitrogens with zero attached hydrogens (tertiary/aromatic N) is 4. The third-order valence-corrected chi connectivity index (χ3v) is 3.98. The highest BCUT2D eigenvalue weighted by Gasteiger charge is 2.26. The molecule has 132 valence electrons. The molecule has 1 aliphatic heterocycles. The number of hydrogen-bond donors (Lipinski definition) is 0. The van der Waals surface area contributed by atoms with E-state index in [0.717, 1.165) is 12.8 Å². The van der Waals surface area contributed by atoms with Gasteiger partial charge in [0, 0.05) is 31.1 Å². The van der Waals surface area contributed by atoms with E-state index in [-0.39, 0.29) is 12.0 Å². The Morgan fingerprint density at radius 3 is 2.88 bits per heavy atom. The van der Waals surface area contributed by atoms with Gasteiger partial charge in [-0.3, -0.25) is 4.79 Å². The predicted octanol–water partition coefficient (Wildman–Crippen LogP) is 2.26. The van der Waals surface area contributed by atoms with Gasteiger partial charge in [0.05, 0.1) is 18.7 Å². The summed E-state index contributed by atoms with van der Waals surface area (Å²) in [4.78, 5) is 27.0. The highest BCUT2D eigenvalue weighted by molar-refractivity contribution is 5.94. The molecule has 25 heavy (non-hydrogen) atoms. The fourth-order valence-electron chi connectivity index (χ4n) is 2.81. The lowest BCUT2D eigenvalue weighted by molar-refractivity contribution is 0.0526. The van der Waals surface area contributed by atoms with E-state index in [9.17, 15) is 4.79 Å². The summed E-state index contributed by atoms with van der Waals surface area (Å²) in [5, 5.41) is 0. The van der Waals surface area contributed by atoms with E-state index in [1.807, 2.05) is 13.8 Å². The van der Waals surface area contributed by atoms with Crippen LogP contribution in [0.2, 0.25) is 0 Å². The molecule has 0 saturated carbocycles. The summed E-state index contributed by atoms with van der Waals surface area (Å²) in [6.07, 6.45) is 4.96. The van der Waals surface area contributed by atoms with Crippen LogP contribution in [0.4, 0.5) is 0 Å². The van der Waals surface area contributed by atoms with Crippen molar-refractivity contribution < 1.29 is 14.3 Å². The van der Waals surface area contributed by atoms with Crippen LogP contribution in [0.25, 0.3) is 0 Å². The number of amides is 1. The summed E-state index contributed by atoms with van der Waals surface area (Å²) >= 11 is 0. The summed E-state index contributed by atoms with van der Waals surface area (Å²) < 4.78 is 11.2. The van der Waals surface area contributed by atoms with Crippen LogP contribution in [-0.4, -0.2) is 51.6 Å². The summed E-state index contributed by atoms with van der Waals surface area (Å²) in [5.41, 5.74) is 0.557. The van der Waals surface area contributed by atoms with Gasteiger partial charge in [-0.1, -0.05) is 0 Å². The maximum atomic E-state index is 12.7. The van der Waals surface area contributed by atoms with Gasteiger partial charge in [0.15, 0.2) is 0 Å². The number of carbonyl (C=O) groups excluding carboxylic acids is 1. The third kappa shape index (κ3) is 4.43. The van der Waals surface area contributed by atoms with Crippen molar-refractivity contribution in [1.82, 2.24) is 19.9 Å². The molecule has 1 fully saturated rings. The largest absolute Gasteiger partial charge is 0.478 e. The van der Waals surface area contributed by atoms with Gasteiger partial charge in [0.25, 0.3) is 5.91 Å². The lowest BCUT2D eigenvalue weighted by Crippen LogP contribution is -2.44. The molecule has 0 aromatic carbocycles. The number of aryl methyl sites for hydroxylation is 1. The van der Waals surface area contributed by atoms with Gasteiger partial charge < -0.3 is 14.4 Å². The molecule has 0 N–H and O–H groups in total. The van der Waals surface area contributed by atoms with E-state index in [0.29, 0.717) is 42.8 Å². The SMILES string of the molecule is CCOc1ccc(C(=O)N2CCCC(Oc3ccnc(C)n3)C2)cn1. The molecule has 1 amide bonds. The highest BCUT2D eigenvalue weighted by Crippen LogP contribution is 2.19. The third-order valence-electron chi connectivity index (χ3n) is 3.98. The van der Waals surface area contributed by atoms with Crippen molar-refractivity contribution in [3.05, 3.63) is 42.0 Å². The topological polar surface area (TPSA) is 77.4 Å².